The molecule has 25 heavy (non-hydrogen) atoms. The molecule has 0 radical (unpaired) electrons. The van der Waals surface area contributed by atoms with E-state index in [1.165, 1.54) is 29.8 Å². The molecular formula is C19H21N3O2S. The summed E-state index contributed by atoms with van der Waals surface area (Å²) in [5, 5.41) is 7.70. The quantitative estimate of drug-likeness (QED) is 0.769. The van der Waals surface area contributed by atoms with Crippen LogP contribution in [0.5, 0.6) is 0 Å². The number of aromatic nitrogens is 1. The van der Waals surface area contributed by atoms with Crippen molar-refractivity contribution < 1.29 is 9.59 Å². The number of benzene rings is 1. The smallest absolute Gasteiger partial charge is 0.270 e. The molecule has 1 aromatic heterocycles. The van der Waals surface area contributed by atoms with Crippen molar-refractivity contribution in [2.45, 2.75) is 32.1 Å². The van der Waals surface area contributed by atoms with Crippen LogP contribution in [0.1, 0.15) is 53.0 Å². The summed E-state index contributed by atoms with van der Waals surface area (Å²) >= 11 is 1.25. The summed E-state index contributed by atoms with van der Waals surface area (Å²) in [6, 6.07) is 8.92. The van der Waals surface area contributed by atoms with E-state index in [2.05, 4.69) is 21.7 Å². The third-order valence-electron chi connectivity index (χ3n) is 4.11. The van der Waals surface area contributed by atoms with Crippen molar-refractivity contribution in [3.8, 4) is 0 Å². The fraction of sp³-hybridized carbons (Fsp3) is 0.316. The predicted molar refractivity (Wildman–Crippen MR) is 100 cm³/mol. The van der Waals surface area contributed by atoms with E-state index in [1.807, 2.05) is 6.07 Å². The van der Waals surface area contributed by atoms with Crippen LogP contribution in [-0.2, 0) is 0 Å². The number of hydrogen-bond donors (Lipinski definition) is 2. The van der Waals surface area contributed by atoms with Gasteiger partial charge in [0.25, 0.3) is 11.8 Å². The van der Waals surface area contributed by atoms with E-state index in [1.54, 1.807) is 29.6 Å². The molecule has 0 saturated heterocycles. The minimum atomic E-state index is -0.230. The molecule has 2 N–H and O–H groups in total. The largest absolute Gasteiger partial charge is 0.350 e. The lowest BCUT2D eigenvalue weighted by atomic mass is 9.97. The van der Waals surface area contributed by atoms with Crippen molar-refractivity contribution in [2.75, 3.05) is 11.9 Å². The number of anilines is 1. The van der Waals surface area contributed by atoms with Crippen LogP contribution in [0.4, 0.5) is 5.13 Å². The molecule has 0 fully saturated rings. The average molecular weight is 355 g/mol. The van der Waals surface area contributed by atoms with E-state index >= 15 is 0 Å². The van der Waals surface area contributed by atoms with Crippen molar-refractivity contribution in [3.63, 3.8) is 0 Å². The van der Waals surface area contributed by atoms with E-state index in [-0.39, 0.29) is 11.8 Å². The number of allylic oxidation sites excluding steroid dienone is 1. The maximum Gasteiger partial charge on any atom is 0.270 e. The molecule has 1 aliphatic carbocycles. The molecule has 2 aromatic rings. The van der Waals surface area contributed by atoms with Gasteiger partial charge in [-0.3, -0.25) is 14.9 Å². The summed E-state index contributed by atoms with van der Waals surface area (Å²) < 4.78 is 0. The standard InChI is InChI=1S/C19H21N3O2S/c23-17(15-9-5-2-6-10-15)22-19-21-16(13-25-19)18(24)20-12-11-14-7-3-1-4-8-14/h2,5-7,9-10,13H,1,3-4,8,11-12H2,(H,20,24)(H,21,22,23). The van der Waals surface area contributed by atoms with Crippen LogP contribution >= 0.6 is 11.3 Å². The first-order valence-corrected chi connectivity index (χ1v) is 9.38. The number of rotatable bonds is 6. The zero-order valence-corrected chi connectivity index (χ0v) is 14.8. The van der Waals surface area contributed by atoms with Gasteiger partial charge in [0.05, 0.1) is 0 Å². The lowest BCUT2D eigenvalue weighted by Gasteiger charge is -2.12. The summed E-state index contributed by atoms with van der Waals surface area (Å²) in [5.41, 5.74) is 2.33. The first-order chi connectivity index (χ1) is 12.2. The van der Waals surface area contributed by atoms with Crippen molar-refractivity contribution in [1.29, 1.82) is 0 Å². The van der Waals surface area contributed by atoms with Crippen LogP contribution in [0.2, 0.25) is 0 Å². The van der Waals surface area contributed by atoms with Crippen LogP contribution in [0, 0.1) is 0 Å². The molecule has 0 unspecified atom stereocenters. The van der Waals surface area contributed by atoms with Gasteiger partial charge >= 0.3 is 0 Å². The maximum absolute atomic E-state index is 12.2. The molecule has 1 aliphatic rings. The zero-order valence-electron chi connectivity index (χ0n) is 14.0. The Morgan fingerprint density at radius 2 is 1.96 bits per heavy atom. The number of nitrogens with zero attached hydrogens (tertiary/aromatic N) is 1. The van der Waals surface area contributed by atoms with E-state index < -0.39 is 0 Å². The lowest BCUT2D eigenvalue weighted by Crippen LogP contribution is -2.25. The molecule has 0 spiro atoms. The van der Waals surface area contributed by atoms with Crippen LogP contribution in [0.15, 0.2) is 47.4 Å². The highest BCUT2D eigenvalue weighted by Gasteiger charge is 2.13. The highest BCUT2D eigenvalue weighted by molar-refractivity contribution is 7.14. The third kappa shape index (κ3) is 5.00. The second-order valence-electron chi connectivity index (χ2n) is 5.97. The Labute approximate surface area is 151 Å². The van der Waals surface area contributed by atoms with Gasteiger partial charge in [0.1, 0.15) is 5.69 Å². The Morgan fingerprint density at radius 3 is 2.72 bits per heavy atom. The van der Waals surface area contributed by atoms with Gasteiger partial charge < -0.3 is 5.32 Å². The maximum atomic E-state index is 12.2. The molecule has 3 rings (SSSR count). The number of hydrogen-bond acceptors (Lipinski definition) is 4. The second kappa shape index (κ2) is 8.58. The van der Waals surface area contributed by atoms with Gasteiger partial charge in [-0.05, 0) is 44.2 Å². The molecule has 5 nitrogen and oxygen atoms in total. The van der Waals surface area contributed by atoms with Crippen molar-refractivity contribution in [2.24, 2.45) is 0 Å². The molecule has 0 aliphatic heterocycles. The van der Waals surface area contributed by atoms with Gasteiger partial charge in [-0.1, -0.05) is 29.8 Å². The number of amides is 2. The Hall–Kier alpha value is -2.47. The minimum absolute atomic E-state index is 0.201. The minimum Gasteiger partial charge on any atom is -0.350 e. The summed E-state index contributed by atoms with van der Waals surface area (Å²) in [7, 11) is 0. The van der Waals surface area contributed by atoms with Crippen molar-refractivity contribution >= 4 is 28.3 Å². The number of nitrogens with one attached hydrogen (secondary N) is 2. The zero-order chi connectivity index (χ0) is 17.5. The number of thiazole rings is 1. The van der Waals surface area contributed by atoms with Gasteiger partial charge in [0.2, 0.25) is 0 Å². The van der Waals surface area contributed by atoms with Crippen LogP contribution in [0.25, 0.3) is 0 Å². The second-order valence-corrected chi connectivity index (χ2v) is 6.83. The Bertz CT molecular complexity index is 768. The summed E-state index contributed by atoms with van der Waals surface area (Å²) in [5.74, 6) is -0.431. The fourth-order valence-electron chi connectivity index (χ4n) is 2.75. The molecule has 0 saturated carbocycles. The van der Waals surface area contributed by atoms with Gasteiger partial charge in [-0.25, -0.2) is 4.98 Å². The third-order valence-corrected chi connectivity index (χ3v) is 4.87. The Balaban J connectivity index is 1.49. The van der Waals surface area contributed by atoms with E-state index in [0.717, 1.165) is 19.3 Å². The molecule has 6 heteroatoms. The van der Waals surface area contributed by atoms with Crippen LogP contribution in [0.3, 0.4) is 0 Å². The number of carbonyl (C=O) groups is 2. The van der Waals surface area contributed by atoms with Crippen LogP contribution < -0.4 is 10.6 Å². The Kier molecular flexibility index (Phi) is 5.95. The molecule has 1 heterocycles. The Morgan fingerprint density at radius 1 is 1.12 bits per heavy atom. The molecular weight excluding hydrogens is 334 g/mol. The monoisotopic (exact) mass is 355 g/mol. The van der Waals surface area contributed by atoms with Crippen molar-refractivity contribution in [1.82, 2.24) is 10.3 Å². The van der Waals surface area contributed by atoms with Gasteiger partial charge in [-0.15, -0.1) is 11.3 Å². The lowest BCUT2D eigenvalue weighted by molar-refractivity contribution is 0.0948. The average Bonchev–Trinajstić information content (AvgIpc) is 3.12. The summed E-state index contributed by atoms with van der Waals surface area (Å²) in [4.78, 5) is 28.4. The first kappa shape index (κ1) is 17.4. The SMILES string of the molecule is O=C(Nc1nc(C(=O)NCCC2=CCCCC2)cs1)c1ccccc1. The molecule has 130 valence electrons. The van der Waals surface area contributed by atoms with Gasteiger partial charge in [-0.2, -0.15) is 0 Å². The van der Waals surface area contributed by atoms with Crippen LogP contribution in [-0.4, -0.2) is 23.3 Å². The first-order valence-electron chi connectivity index (χ1n) is 8.50. The van der Waals surface area contributed by atoms with E-state index in [0.29, 0.717) is 22.9 Å². The molecule has 1 aromatic carbocycles. The molecule has 2 amide bonds. The molecule has 0 atom stereocenters. The summed E-state index contributed by atoms with van der Waals surface area (Å²) in [6.45, 7) is 0.619. The highest BCUT2D eigenvalue weighted by atomic mass is 32.1. The topological polar surface area (TPSA) is 71.1 Å². The summed E-state index contributed by atoms with van der Waals surface area (Å²) in [6.07, 6.45) is 7.99. The predicted octanol–water partition coefficient (Wildman–Crippen LogP) is 4.02. The highest BCUT2D eigenvalue weighted by Crippen LogP contribution is 2.20. The fourth-order valence-corrected chi connectivity index (χ4v) is 3.44. The van der Waals surface area contributed by atoms with Crippen molar-refractivity contribution in [3.05, 3.63) is 58.6 Å². The number of carbonyl (C=O) groups excluding carboxylic acids is 2. The van der Waals surface area contributed by atoms with E-state index in [4.69, 9.17) is 0 Å². The van der Waals surface area contributed by atoms with Gasteiger partial charge in [0.15, 0.2) is 5.13 Å². The van der Waals surface area contributed by atoms with Gasteiger partial charge in [0, 0.05) is 17.5 Å². The van der Waals surface area contributed by atoms with E-state index in [9.17, 15) is 9.59 Å². The molecule has 0 bridgehead atoms. The normalized spacial score (nSPS) is 13.8.